The highest BCUT2D eigenvalue weighted by Crippen LogP contribution is 2.27. The largest absolute Gasteiger partial charge is 0.481 e. The van der Waals surface area contributed by atoms with Gasteiger partial charge in [0, 0.05) is 35.3 Å². The van der Waals surface area contributed by atoms with Gasteiger partial charge in [-0.1, -0.05) is 22.9 Å². The van der Waals surface area contributed by atoms with Gasteiger partial charge >= 0.3 is 5.97 Å². The maximum absolute atomic E-state index is 12.4. The zero-order valence-electron chi connectivity index (χ0n) is 11.2. The SMILES string of the molecule is CC1CN(C(=O)c2cc(Br)cc([N+](=O)[O-])c2)CC1C(=O)O. The van der Waals surface area contributed by atoms with Crippen LogP contribution in [0.1, 0.15) is 17.3 Å². The van der Waals surface area contributed by atoms with Crippen molar-refractivity contribution >= 4 is 33.5 Å². The molecule has 1 amide bonds. The van der Waals surface area contributed by atoms with Crippen molar-refractivity contribution in [1.29, 1.82) is 0 Å². The number of carbonyl (C=O) groups is 2. The number of nitro groups is 1. The van der Waals surface area contributed by atoms with Crippen LogP contribution < -0.4 is 0 Å². The molecule has 1 aliphatic rings. The first kappa shape index (κ1) is 15.4. The summed E-state index contributed by atoms with van der Waals surface area (Å²) in [5.74, 6) is -2.07. The molecule has 0 saturated carbocycles. The molecule has 0 aliphatic carbocycles. The molecule has 0 spiro atoms. The number of amides is 1. The fourth-order valence-electron chi connectivity index (χ4n) is 2.44. The van der Waals surface area contributed by atoms with Crippen LogP contribution in [0.15, 0.2) is 22.7 Å². The van der Waals surface area contributed by atoms with Crippen LogP contribution in [0.5, 0.6) is 0 Å². The van der Waals surface area contributed by atoms with Crippen LogP contribution in [0.25, 0.3) is 0 Å². The molecule has 0 aromatic heterocycles. The van der Waals surface area contributed by atoms with Crippen LogP contribution in [-0.2, 0) is 4.79 Å². The minimum Gasteiger partial charge on any atom is -0.481 e. The smallest absolute Gasteiger partial charge is 0.308 e. The Bertz CT molecular complexity index is 619. The van der Waals surface area contributed by atoms with E-state index in [4.69, 9.17) is 5.11 Å². The number of nitrogens with zero attached hydrogens (tertiary/aromatic N) is 2. The molecular formula is C13H13BrN2O5. The standard InChI is InChI=1S/C13H13BrN2O5/c1-7-5-15(6-11(7)13(18)19)12(17)8-2-9(14)4-10(3-8)16(20)21/h2-4,7,11H,5-6H2,1H3,(H,18,19). The van der Waals surface area contributed by atoms with Crippen LogP contribution in [0, 0.1) is 22.0 Å². The third kappa shape index (κ3) is 3.21. The molecule has 112 valence electrons. The number of carbonyl (C=O) groups excluding carboxylic acids is 1. The van der Waals surface area contributed by atoms with Gasteiger partial charge in [-0.05, 0) is 12.0 Å². The molecule has 1 heterocycles. The Labute approximate surface area is 128 Å². The molecule has 2 rings (SSSR count). The van der Waals surface area contributed by atoms with E-state index in [0.717, 1.165) is 0 Å². The Morgan fingerprint density at radius 3 is 2.57 bits per heavy atom. The van der Waals surface area contributed by atoms with E-state index < -0.39 is 22.7 Å². The lowest BCUT2D eigenvalue weighted by atomic mass is 9.99. The minimum atomic E-state index is -0.932. The second-order valence-corrected chi connectivity index (χ2v) is 6.00. The summed E-state index contributed by atoms with van der Waals surface area (Å²) in [6, 6.07) is 4.00. The van der Waals surface area contributed by atoms with Crippen LogP contribution in [0.4, 0.5) is 5.69 Å². The average Bonchev–Trinajstić information content (AvgIpc) is 2.79. The monoisotopic (exact) mass is 356 g/mol. The second kappa shape index (κ2) is 5.80. The Hall–Kier alpha value is -1.96. The van der Waals surface area contributed by atoms with Crippen molar-refractivity contribution in [2.75, 3.05) is 13.1 Å². The van der Waals surface area contributed by atoms with Crippen LogP contribution in [0.3, 0.4) is 0 Å². The maximum atomic E-state index is 12.4. The number of aliphatic carboxylic acids is 1. The molecule has 1 aliphatic heterocycles. The molecule has 2 atom stereocenters. The number of nitro benzene ring substituents is 1. The van der Waals surface area contributed by atoms with Gasteiger partial charge in [-0.15, -0.1) is 0 Å². The van der Waals surface area contributed by atoms with Crippen LogP contribution in [-0.4, -0.2) is 39.9 Å². The number of hydrogen-bond acceptors (Lipinski definition) is 4. The average molecular weight is 357 g/mol. The minimum absolute atomic E-state index is 0.121. The van der Waals surface area contributed by atoms with Gasteiger partial charge in [-0.3, -0.25) is 19.7 Å². The first-order chi connectivity index (χ1) is 9.79. The van der Waals surface area contributed by atoms with Gasteiger partial charge < -0.3 is 10.0 Å². The summed E-state index contributed by atoms with van der Waals surface area (Å²) >= 11 is 3.14. The summed E-state index contributed by atoms with van der Waals surface area (Å²) in [6.45, 7) is 2.22. The molecule has 1 N–H and O–H groups in total. The highest BCUT2D eigenvalue weighted by molar-refractivity contribution is 9.10. The molecule has 21 heavy (non-hydrogen) atoms. The zero-order chi connectivity index (χ0) is 15.7. The van der Waals surface area contributed by atoms with Crippen molar-refractivity contribution in [2.45, 2.75) is 6.92 Å². The van der Waals surface area contributed by atoms with Gasteiger partial charge in [0.25, 0.3) is 11.6 Å². The fourth-order valence-corrected chi connectivity index (χ4v) is 2.92. The van der Waals surface area contributed by atoms with Crippen molar-refractivity contribution in [1.82, 2.24) is 4.90 Å². The summed E-state index contributed by atoms with van der Waals surface area (Å²) < 4.78 is 0.432. The number of rotatable bonds is 3. The molecular weight excluding hydrogens is 344 g/mol. The maximum Gasteiger partial charge on any atom is 0.308 e. The summed E-state index contributed by atoms with van der Waals surface area (Å²) in [5.41, 5.74) is -0.0101. The molecule has 1 aromatic rings. The van der Waals surface area contributed by atoms with Crippen molar-refractivity contribution in [3.05, 3.63) is 38.3 Å². The summed E-state index contributed by atoms with van der Waals surface area (Å²) in [4.78, 5) is 35.1. The lowest BCUT2D eigenvalue weighted by molar-refractivity contribution is -0.385. The van der Waals surface area contributed by atoms with Crippen molar-refractivity contribution < 1.29 is 19.6 Å². The topological polar surface area (TPSA) is 101 Å². The van der Waals surface area contributed by atoms with E-state index in [1.807, 2.05) is 0 Å². The van der Waals surface area contributed by atoms with E-state index in [0.29, 0.717) is 11.0 Å². The third-order valence-corrected chi connectivity index (χ3v) is 4.01. The molecule has 0 radical (unpaired) electrons. The van der Waals surface area contributed by atoms with Crippen LogP contribution in [0.2, 0.25) is 0 Å². The normalized spacial score (nSPS) is 21.3. The molecule has 7 nitrogen and oxygen atoms in total. The summed E-state index contributed by atoms with van der Waals surface area (Å²) in [6.07, 6.45) is 0. The van der Waals surface area contributed by atoms with E-state index >= 15 is 0 Å². The molecule has 2 unspecified atom stereocenters. The number of halogens is 1. The predicted octanol–water partition coefficient (Wildman–Crippen LogP) is 2.15. The summed E-state index contributed by atoms with van der Waals surface area (Å²) in [5, 5.41) is 19.9. The van der Waals surface area contributed by atoms with Gasteiger partial charge in [-0.25, -0.2) is 0 Å². The number of non-ortho nitro benzene ring substituents is 1. The highest BCUT2D eigenvalue weighted by atomic mass is 79.9. The molecule has 1 fully saturated rings. The molecule has 1 aromatic carbocycles. The third-order valence-electron chi connectivity index (χ3n) is 3.56. The Kier molecular flexibility index (Phi) is 4.26. The van der Waals surface area contributed by atoms with Gasteiger partial charge in [0.1, 0.15) is 0 Å². The zero-order valence-corrected chi connectivity index (χ0v) is 12.7. The predicted molar refractivity (Wildman–Crippen MR) is 77.0 cm³/mol. The number of carboxylic acid groups (broad SMARTS) is 1. The first-order valence-corrected chi connectivity index (χ1v) is 7.06. The molecule has 8 heteroatoms. The number of carboxylic acids is 1. The van der Waals surface area contributed by atoms with Gasteiger partial charge in [0.05, 0.1) is 10.8 Å². The van der Waals surface area contributed by atoms with E-state index in [-0.39, 0.29) is 23.7 Å². The van der Waals surface area contributed by atoms with E-state index in [1.54, 1.807) is 6.92 Å². The quantitative estimate of drug-likeness (QED) is 0.660. The molecule has 1 saturated heterocycles. The Morgan fingerprint density at radius 1 is 1.38 bits per heavy atom. The first-order valence-electron chi connectivity index (χ1n) is 6.26. The van der Waals surface area contributed by atoms with E-state index in [9.17, 15) is 19.7 Å². The van der Waals surface area contributed by atoms with Gasteiger partial charge in [0.15, 0.2) is 0 Å². The Balaban J connectivity index is 2.25. The fraction of sp³-hybridized carbons (Fsp3) is 0.385. The second-order valence-electron chi connectivity index (χ2n) is 5.09. The van der Waals surface area contributed by atoms with Crippen LogP contribution >= 0.6 is 15.9 Å². The lowest BCUT2D eigenvalue weighted by Crippen LogP contribution is -2.30. The Morgan fingerprint density at radius 2 is 2.05 bits per heavy atom. The van der Waals surface area contributed by atoms with Crippen molar-refractivity contribution in [3.8, 4) is 0 Å². The molecule has 0 bridgehead atoms. The highest BCUT2D eigenvalue weighted by Gasteiger charge is 2.37. The summed E-state index contributed by atoms with van der Waals surface area (Å²) in [7, 11) is 0. The lowest BCUT2D eigenvalue weighted by Gasteiger charge is -2.16. The number of likely N-dealkylation sites (tertiary alicyclic amines) is 1. The van der Waals surface area contributed by atoms with Crippen molar-refractivity contribution in [2.24, 2.45) is 11.8 Å². The van der Waals surface area contributed by atoms with Crippen molar-refractivity contribution in [3.63, 3.8) is 0 Å². The van der Waals surface area contributed by atoms with E-state index in [1.165, 1.54) is 23.1 Å². The van der Waals surface area contributed by atoms with Gasteiger partial charge in [0.2, 0.25) is 0 Å². The van der Waals surface area contributed by atoms with Gasteiger partial charge in [-0.2, -0.15) is 0 Å². The number of benzene rings is 1. The van der Waals surface area contributed by atoms with E-state index in [2.05, 4.69) is 15.9 Å². The number of hydrogen-bond donors (Lipinski definition) is 1.